The highest BCUT2D eigenvalue weighted by Crippen LogP contribution is 2.43. The number of allylic oxidation sites excluding steroid dienone is 3. The van der Waals surface area contributed by atoms with Crippen molar-refractivity contribution in [2.24, 2.45) is 17.8 Å². The molecule has 0 spiro atoms. The Balaban J connectivity index is 1.27. The van der Waals surface area contributed by atoms with Crippen molar-refractivity contribution in [2.45, 2.75) is 69.8 Å². The van der Waals surface area contributed by atoms with Gasteiger partial charge in [0.1, 0.15) is 5.83 Å². The van der Waals surface area contributed by atoms with E-state index < -0.39 is 29.2 Å². The highest BCUT2D eigenvalue weighted by atomic mass is 19.2. The second-order valence-corrected chi connectivity index (χ2v) is 9.86. The van der Waals surface area contributed by atoms with E-state index in [-0.39, 0.29) is 35.4 Å². The number of methoxy groups -OCH3 is 2. The zero-order chi connectivity index (χ0) is 24.2. The lowest BCUT2D eigenvalue weighted by Crippen LogP contribution is -2.27. The first kappa shape index (κ1) is 25.1. The Morgan fingerprint density at radius 3 is 2.21 bits per heavy atom. The summed E-state index contributed by atoms with van der Waals surface area (Å²) in [4.78, 5) is 0. The lowest BCUT2D eigenvalue weighted by Gasteiger charge is -2.34. The van der Waals surface area contributed by atoms with Gasteiger partial charge in [-0.1, -0.05) is 6.07 Å². The molecular weight excluding hydrogens is 448 g/mol. The van der Waals surface area contributed by atoms with Gasteiger partial charge in [-0.25, -0.2) is 13.2 Å². The van der Waals surface area contributed by atoms with Crippen molar-refractivity contribution >= 4 is 0 Å². The van der Waals surface area contributed by atoms with Crippen molar-refractivity contribution in [2.75, 3.05) is 20.8 Å². The number of hydrogen-bond donors (Lipinski definition) is 0. The molecule has 0 bridgehead atoms. The Kier molecular flexibility index (Phi) is 8.22. The molecule has 0 N–H and O–H groups in total. The maximum Gasteiger partial charge on any atom is 0.200 e. The van der Waals surface area contributed by atoms with E-state index in [1.54, 1.807) is 19.3 Å². The van der Waals surface area contributed by atoms with Crippen LogP contribution in [0.4, 0.5) is 17.6 Å². The summed E-state index contributed by atoms with van der Waals surface area (Å²) in [7, 11) is 3.00. The molecule has 7 heteroatoms. The highest BCUT2D eigenvalue weighted by Gasteiger charge is 2.35. The van der Waals surface area contributed by atoms with Gasteiger partial charge in [0, 0.05) is 13.0 Å². The van der Waals surface area contributed by atoms with E-state index in [4.69, 9.17) is 14.2 Å². The molecule has 2 saturated carbocycles. The number of rotatable bonds is 7. The number of hydrogen-bond acceptors (Lipinski definition) is 3. The van der Waals surface area contributed by atoms with Crippen LogP contribution in [-0.4, -0.2) is 26.9 Å². The fraction of sp³-hybridized carbons (Fsp3) is 0.630. The molecule has 188 valence electrons. The van der Waals surface area contributed by atoms with Crippen LogP contribution in [0.5, 0.6) is 5.75 Å². The van der Waals surface area contributed by atoms with Gasteiger partial charge in [0.15, 0.2) is 23.2 Å². The Morgan fingerprint density at radius 2 is 1.56 bits per heavy atom. The number of halogens is 4. The maximum absolute atomic E-state index is 14.9. The molecule has 4 rings (SSSR count). The van der Waals surface area contributed by atoms with E-state index in [0.29, 0.717) is 31.4 Å². The van der Waals surface area contributed by atoms with Gasteiger partial charge in [-0.15, -0.1) is 0 Å². The average Bonchev–Trinajstić information content (AvgIpc) is 2.87. The third-order valence-corrected chi connectivity index (χ3v) is 7.99. The van der Waals surface area contributed by atoms with E-state index in [2.05, 4.69) is 0 Å². The van der Waals surface area contributed by atoms with Crippen LogP contribution in [0.3, 0.4) is 0 Å². The molecule has 0 aliphatic heterocycles. The van der Waals surface area contributed by atoms with Crippen LogP contribution >= 0.6 is 0 Å². The second kappa shape index (κ2) is 11.1. The van der Waals surface area contributed by atoms with Crippen molar-refractivity contribution in [1.82, 2.24) is 0 Å². The molecule has 1 atom stereocenters. The standard InChI is InChI=1S/C27H34F4O3/c1-32-19-9-7-18(8-10-19)21-12-14-23(27(31)25(21)29)34-15-16-3-5-17(6-4-16)20-11-13-22(33-2)26(30)24(20)28/h11,13-14,16-19,21H,3-10,12,15H2,1-2H3. The largest absolute Gasteiger partial charge is 0.494 e. The molecule has 1 aromatic carbocycles. The van der Waals surface area contributed by atoms with Gasteiger partial charge in [0.05, 0.1) is 19.8 Å². The van der Waals surface area contributed by atoms with E-state index >= 15 is 0 Å². The van der Waals surface area contributed by atoms with Crippen molar-refractivity contribution in [3.05, 3.63) is 52.8 Å². The maximum atomic E-state index is 14.9. The zero-order valence-electron chi connectivity index (χ0n) is 19.9. The first-order valence-corrected chi connectivity index (χ1v) is 12.4. The quantitative estimate of drug-likeness (QED) is 0.376. The molecule has 3 aliphatic carbocycles. The minimum Gasteiger partial charge on any atom is -0.494 e. The minimum absolute atomic E-state index is 0.00437. The van der Waals surface area contributed by atoms with Gasteiger partial charge in [-0.05, 0) is 93.2 Å². The zero-order valence-corrected chi connectivity index (χ0v) is 19.9. The van der Waals surface area contributed by atoms with Gasteiger partial charge >= 0.3 is 0 Å². The van der Waals surface area contributed by atoms with Gasteiger partial charge in [0.25, 0.3) is 0 Å². The molecule has 3 aliphatic rings. The van der Waals surface area contributed by atoms with Crippen LogP contribution in [0, 0.1) is 29.4 Å². The van der Waals surface area contributed by atoms with Gasteiger partial charge in [-0.2, -0.15) is 4.39 Å². The van der Waals surface area contributed by atoms with Crippen LogP contribution in [0.15, 0.2) is 35.6 Å². The van der Waals surface area contributed by atoms with Crippen molar-refractivity contribution in [1.29, 1.82) is 0 Å². The Morgan fingerprint density at radius 1 is 0.853 bits per heavy atom. The highest BCUT2D eigenvalue weighted by molar-refractivity contribution is 5.33. The summed E-state index contributed by atoms with van der Waals surface area (Å²) in [6.07, 6.45) is 8.70. The molecule has 0 saturated heterocycles. The summed E-state index contributed by atoms with van der Waals surface area (Å²) in [6.45, 7) is 0.294. The third-order valence-electron chi connectivity index (χ3n) is 7.99. The summed E-state index contributed by atoms with van der Waals surface area (Å²) in [5.74, 6) is -3.64. The summed E-state index contributed by atoms with van der Waals surface area (Å²) in [5, 5.41) is 0. The predicted molar refractivity (Wildman–Crippen MR) is 122 cm³/mol. The smallest absolute Gasteiger partial charge is 0.200 e. The Bertz CT molecular complexity index is 913. The predicted octanol–water partition coefficient (Wildman–Crippen LogP) is 7.52. The lowest BCUT2D eigenvalue weighted by atomic mass is 9.75. The van der Waals surface area contributed by atoms with E-state index in [1.165, 1.54) is 13.2 Å². The fourth-order valence-electron chi connectivity index (χ4n) is 5.82. The molecular formula is C27H34F4O3. The van der Waals surface area contributed by atoms with Crippen LogP contribution in [0.2, 0.25) is 0 Å². The average molecular weight is 483 g/mol. The SMILES string of the molecule is COc1ccc(C2CCC(COC3=CCC(C4CCC(OC)CC4)C(F)=C3F)CC2)c(F)c1F. The monoisotopic (exact) mass is 482 g/mol. The van der Waals surface area contributed by atoms with Gasteiger partial charge < -0.3 is 14.2 Å². The van der Waals surface area contributed by atoms with Gasteiger partial charge in [-0.3, -0.25) is 0 Å². The van der Waals surface area contributed by atoms with Crippen LogP contribution < -0.4 is 4.74 Å². The lowest BCUT2D eigenvalue weighted by molar-refractivity contribution is 0.0464. The minimum atomic E-state index is -0.955. The van der Waals surface area contributed by atoms with E-state index in [1.807, 2.05) is 0 Å². The summed E-state index contributed by atoms with van der Waals surface area (Å²) in [6, 6.07) is 3.05. The molecule has 2 fully saturated rings. The Labute approximate surface area is 199 Å². The Hall–Kier alpha value is -2.02. The second-order valence-electron chi connectivity index (χ2n) is 9.86. The van der Waals surface area contributed by atoms with Gasteiger partial charge in [0.2, 0.25) is 5.82 Å². The van der Waals surface area contributed by atoms with Crippen LogP contribution in [0.1, 0.15) is 69.3 Å². The van der Waals surface area contributed by atoms with E-state index in [0.717, 1.165) is 38.5 Å². The molecule has 0 radical (unpaired) electrons. The molecule has 34 heavy (non-hydrogen) atoms. The molecule has 3 nitrogen and oxygen atoms in total. The number of benzene rings is 1. The molecule has 1 aromatic rings. The van der Waals surface area contributed by atoms with Crippen LogP contribution in [-0.2, 0) is 9.47 Å². The summed E-state index contributed by atoms with van der Waals surface area (Å²) >= 11 is 0. The van der Waals surface area contributed by atoms with E-state index in [9.17, 15) is 17.6 Å². The summed E-state index contributed by atoms with van der Waals surface area (Å²) in [5.41, 5.74) is 0.370. The molecule has 0 aromatic heterocycles. The number of ether oxygens (including phenoxy) is 3. The first-order chi connectivity index (χ1) is 16.4. The molecule has 1 unspecified atom stereocenters. The fourth-order valence-corrected chi connectivity index (χ4v) is 5.82. The van der Waals surface area contributed by atoms with Crippen molar-refractivity contribution in [3.63, 3.8) is 0 Å². The summed E-state index contributed by atoms with van der Waals surface area (Å²) < 4.78 is 74.1. The van der Waals surface area contributed by atoms with Crippen molar-refractivity contribution < 1.29 is 31.8 Å². The van der Waals surface area contributed by atoms with Crippen molar-refractivity contribution in [3.8, 4) is 5.75 Å². The normalized spacial score (nSPS) is 30.2. The van der Waals surface area contributed by atoms with Crippen LogP contribution in [0.25, 0.3) is 0 Å². The molecule has 0 heterocycles. The topological polar surface area (TPSA) is 27.7 Å². The molecule has 0 amide bonds. The third kappa shape index (κ3) is 5.29. The first-order valence-electron chi connectivity index (χ1n) is 12.4.